The third-order valence-electron chi connectivity index (χ3n) is 3.51. The number of hydrogen-bond donors (Lipinski definition) is 1. The molecule has 106 valence electrons. The van der Waals surface area contributed by atoms with E-state index in [1.165, 1.54) is 11.3 Å². The van der Waals surface area contributed by atoms with Crippen LogP contribution in [-0.2, 0) is 11.2 Å². The average Bonchev–Trinajstić information content (AvgIpc) is 3.10. The Hall–Kier alpha value is -2.32. The van der Waals surface area contributed by atoms with E-state index in [2.05, 4.69) is 11.4 Å². The summed E-state index contributed by atoms with van der Waals surface area (Å²) in [6, 6.07) is 11.5. The predicted octanol–water partition coefficient (Wildman–Crippen LogP) is 3.30. The van der Waals surface area contributed by atoms with Crippen LogP contribution in [0.2, 0.25) is 0 Å². The minimum absolute atomic E-state index is 0.124. The van der Waals surface area contributed by atoms with E-state index in [1.807, 2.05) is 37.3 Å². The van der Waals surface area contributed by atoms with Crippen LogP contribution in [-0.4, -0.2) is 12.5 Å². The smallest absolute Gasteiger partial charge is 0.236 e. The zero-order valence-corrected chi connectivity index (χ0v) is 12.4. The number of thiophene rings is 1. The minimum atomic E-state index is -0.320. The van der Waals surface area contributed by atoms with Crippen LogP contribution in [0, 0.1) is 11.3 Å². The molecule has 0 bridgehead atoms. The van der Waals surface area contributed by atoms with E-state index < -0.39 is 0 Å². The third-order valence-corrected chi connectivity index (χ3v) is 4.70. The van der Waals surface area contributed by atoms with Crippen molar-refractivity contribution in [2.24, 2.45) is 0 Å². The van der Waals surface area contributed by atoms with Gasteiger partial charge in [0, 0.05) is 10.4 Å². The second kappa shape index (κ2) is 5.58. The van der Waals surface area contributed by atoms with Crippen LogP contribution in [0.1, 0.15) is 28.8 Å². The van der Waals surface area contributed by atoms with Gasteiger partial charge in [0.2, 0.25) is 5.91 Å². The second-order valence-corrected chi connectivity index (χ2v) is 5.95. The van der Waals surface area contributed by atoms with Crippen molar-refractivity contribution in [1.82, 2.24) is 0 Å². The lowest BCUT2D eigenvalue weighted by Crippen LogP contribution is -2.22. The van der Waals surface area contributed by atoms with E-state index in [0.29, 0.717) is 17.2 Å². The summed E-state index contributed by atoms with van der Waals surface area (Å²) in [4.78, 5) is 13.5. The standard InChI is InChI=1S/C16H14N2O2S/c1-2-11-7-10(8-17)16(21-11)18-15(19)13-9-20-14-6-4-3-5-12(13)14/h3-7,13H,2,9H2,1H3,(H,18,19). The Bertz CT molecular complexity index is 730. The van der Waals surface area contributed by atoms with Crippen molar-refractivity contribution in [3.63, 3.8) is 0 Å². The maximum absolute atomic E-state index is 12.4. The van der Waals surface area contributed by atoms with Crippen LogP contribution < -0.4 is 10.1 Å². The first-order valence-corrected chi connectivity index (χ1v) is 7.60. The molecule has 21 heavy (non-hydrogen) atoms. The highest BCUT2D eigenvalue weighted by molar-refractivity contribution is 7.16. The number of benzene rings is 1. The van der Waals surface area contributed by atoms with Crippen LogP contribution in [0.15, 0.2) is 30.3 Å². The topological polar surface area (TPSA) is 62.1 Å². The SMILES string of the molecule is CCc1cc(C#N)c(NC(=O)C2COc3ccccc32)s1. The Morgan fingerprint density at radius 2 is 2.33 bits per heavy atom. The van der Waals surface area contributed by atoms with Gasteiger partial charge in [0.1, 0.15) is 29.3 Å². The summed E-state index contributed by atoms with van der Waals surface area (Å²) < 4.78 is 5.53. The van der Waals surface area contributed by atoms with E-state index >= 15 is 0 Å². The molecule has 0 radical (unpaired) electrons. The van der Waals surface area contributed by atoms with Gasteiger partial charge in [-0.3, -0.25) is 4.79 Å². The van der Waals surface area contributed by atoms with E-state index in [9.17, 15) is 4.79 Å². The molecule has 1 aliphatic rings. The molecule has 1 N–H and O–H groups in total. The van der Waals surface area contributed by atoms with E-state index in [-0.39, 0.29) is 11.8 Å². The minimum Gasteiger partial charge on any atom is -0.492 e. The van der Waals surface area contributed by atoms with Crippen LogP contribution in [0.3, 0.4) is 0 Å². The van der Waals surface area contributed by atoms with Gasteiger partial charge in [-0.25, -0.2) is 0 Å². The number of nitrogens with zero attached hydrogens (tertiary/aromatic N) is 1. The number of ether oxygens (including phenoxy) is 1. The second-order valence-electron chi connectivity index (χ2n) is 4.81. The molecule has 0 saturated heterocycles. The lowest BCUT2D eigenvalue weighted by atomic mass is 10.0. The molecule has 1 aromatic carbocycles. The first kappa shape index (κ1) is 13.7. The van der Waals surface area contributed by atoms with Crippen molar-refractivity contribution in [1.29, 1.82) is 5.26 Å². The number of aryl methyl sites for hydroxylation is 1. The Morgan fingerprint density at radius 1 is 1.52 bits per heavy atom. The Labute approximate surface area is 127 Å². The quantitative estimate of drug-likeness (QED) is 0.945. The number of nitrogens with one attached hydrogen (secondary N) is 1. The number of rotatable bonds is 3. The number of nitriles is 1. The molecule has 1 atom stereocenters. The molecule has 2 aromatic rings. The molecule has 0 aliphatic carbocycles. The molecule has 5 heteroatoms. The van der Waals surface area contributed by atoms with Crippen LogP contribution in [0.4, 0.5) is 5.00 Å². The van der Waals surface area contributed by atoms with Gasteiger partial charge in [-0.1, -0.05) is 25.1 Å². The number of carbonyl (C=O) groups excluding carboxylic acids is 1. The molecule has 4 nitrogen and oxygen atoms in total. The summed E-state index contributed by atoms with van der Waals surface area (Å²) >= 11 is 1.46. The lowest BCUT2D eigenvalue weighted by molar-refractivity contribution is -0.117. The average molecular weight is 298 g/mol. The number of anilines is 1. The fourth-order valence-electron chi connectivity index (χ4n) is 2.37. The van der Waals surface area contributed by atoms with Gasteiger partial charge in [-0.05, 0) is 18.6 Å². The van der Waals surface area contributed by atoms with Crippen molar-refractivity contribution in [2.45, 2.75) is 19.3 Å². The molecule has 1 amide bonds. The molecule has 2 heterocycles. The molecule has 3 rings (SSSR count). The molecule has 1 aliphatic heterocycles. The highest BCUT2D eigenvalue weighted by Crippen LogP contribution is 2.35. The Kier molecular flexibility index (Phi) is 3.63. The van der Waals surface area contributed by atoms with E-state index in [4.69, 9.17) is 10.00 Å². The maximum Gasteiger partial charge on any atom is 0.236 e. The summed E-state index contributed by atoms with van der Waals surface area (Å²) in [6.07, 6.45) is 0.852. The number of amides is 1. The Balaban J connectivity index is 1.82. The van der Waals surface area contributed by atoms with Crippen molar-refractivity contribution < 1.29 is 9.53 Å². The number of fused-ring (bicyclic) bond motifs is 1. The summed E-state index contributed by atoms with van der Waals surface area (Å²) in [7, 11) is 0. The monoisotopic (exact) mass is 298 g/mol. The van der Waals surface area contributed by atoms with Gasteiger partial charge >= 0.3 is 0 Å². The molecular formula is C16H14N2O2S. The molecule has 0 fully saturated rings. The predicted molar refractivity (Wildman–Crippen MR) is 81.7 cm³/mol. The number of para-hydroxylation sites is 1. The third kappa shape index (κ3) is 2.50. The van der Waals surface area contributed by atoms with Crippen LogP contribution in [0.5, 0.6) is 5.75 Å². The fourth-order valence-corrected chi connectivity index (χ4v) is 3.32. The van der Waals surface area contributed by atoms with E-state index in [1.54, 1.807) is 0 Å². The first-order chi connectivity index (χ1) is 10.2. The molecule has 0 saturated carbocycles. The van der Waals surface area contributed by atoms with E-state index in [0.717, 1.165) is 22.6 Å². The lowest BCUT2D eigenvalue weighted by Gasteiger charge is -2.09. The fraction of sp³-hybridized carbons (Fsp3) is 0.250. The highest BCUT2D eigenvalue weighted by atomic mass is 32.1. The van der Waals surface area contributed by atoms with Crippen molar-refractivity contribution in [2.75, 3.05) is 11.9 Å². The van der Waals surface area contributed by atoms with Gasteiger partial charge in [0.05, 0.1) is 5.56 Å². The summed E-state index contributed by atoms with van der Waals surface area (Å²) in [5.41, 5.74) is 1.43. The summed E-state index contributed by atoms with van der Waals surface area (Å²) in [6.45, 7) is 2.37. The molecule has 1 unspecified atom stereocenters. The van der Waals surface area contributed by atoms with Gasteiger partial charge in [0.15, 0.2) is 0 Å². The summed E-state index contributed by atoms with van der Waals surface area (Å²) in [5, 5.41) is 12.6. The van der Waals surface area contributed by atoms with Crippen molar-refractivity contribution in [3.05, 3.63) is 46.3 Å². The molecule has 0 spiro atoms. The summed E-state index contributed by atoms with van der Waals surface area (Å²) in [5.74, 6) is 0.319. The van der Waals surface area contributed by atoms with Gasteiger partial charge < -0.3 is 10.1 Å². The molecule has 1 aromatic heterocycles. The zero-order chi connectivity index (χ0) is 14.8. The Morgan fingerprint density at radius 3 is 3.10 bits per heavy atom. The largest absolute Gasteiger partial charge is 0.492 e. The number of carbonyl (C=O) groups is 1. The van der Waals surface area contributed by atoms with Crippen LogP contribution >= 0.6 is 11.3 Å². The van der Waals surface area contributed by atoms with Crippen molar-refractivity contribution >= 4 is 22.2 Å². The van der Waals surface area contributed by atoms with Crippen LogP contribution in [0.25, 0.3) is 0 Å². The number of hydrogen-bond acceptors (Lipinski definition) is 4. The molecular weight excluding hydrogens is 284 g/mol. The highest BCUT2D eigenvalue weighted by Gasteiger charge is 2.30. The van der Waals surface area contributed by atoms with Gasteiger partial charge in [-0.2, -0.15) is 5.26 Å². The van der Waals surface area contributed by atoms with Gasteiger partial charge in [0.25, 0.3) is 0 Å². The maximum atomic E-state index is 12.4. The first-order valence-electron chi connectivity index (χ1n) is 6.78. The zero-order valence-electron chi connectivity index (χ0n) is 11.6. The normalized spacial score (nSPS) is 15.9. The van der Waals surface area contributed by atoms with Gasteiger partial charge in [-0.15, -0.1) is 11.3 Å². The van der Waals surface area contributed by atoms with Crippen molar-refractivity contribution in [3.8, 4) is 11.8 Å².